The first-order valence-electron chi connectivity index (χ1n) is 7.09. The molecule has 2 aromatic carbocycles. The lowest BCUT2D eigenvalue weighted by Gasteiger charge is -2.05. The van der Waals surface area contributed by atoms with Crippen molar-refractivity contribution in [3.63, 3.8) is 0 Å². The Balaban J connectivity index is 1.93. The van der Waals surface area contributed by atoms with Crippen LogP contribution in [0.4, 0.5) is 0 Å². The average molecular weight is 309 g/mol. The first-order chi connectivity index (χ1) is 11.1. The summed E-state index contributed by atoms with van der Waals surface area (Å²) in [5.74, 6) is -0.00186. The van der Waals surface area contributed by atoms with E-state index in [1.165, 1.54) is 24.3 Å². The van der Waals surface area contributed by atoms with Gasteiger partial charge in [0, 0.05) is 5.56 Å². The van der Waals surface area contributed by atoms with Crippen molar-refractivity contribution in [1.29, 1.82) is 5.26 Å². The molecule has 0 aliphatic rings. The van der Waals surface area contributed by atoms with Crippen molar-refractivity contribution in [2.45, 2.75) is 13.3 Å². The first kappa shape index (κ1) is 16.2. The van der Waals surface area contributed by atoms with Crippen LogP contribution in [0, 0.1) is 11.3 Å². The second-order valence-corrected chi connectivity index (χ2v) is 4.67. The van der Waals surface area contributed by atoms with E-state index in [1.807, 2.05) is 13.0 Å². The number of ether oxygens (including phenoxy) is 2. The van der Waals surface area contributed by atoms with E-state index in [4.69, 9.17) is 14.7 Å². The van der Waals surface area contributed by atoms with Gasteiger partial charge < -0.3 is 9.47 Å². The molecule has 0 bridgehead atoms. The molecule has 0 amide bonds. The number of nitrogens with zero attached hydrogens (tertiary/aromatic N) is 1. The maximum Gasteiger partial charge on any atom is 0.319 e. The largest absolute Gasteiger partial charge is 0.494 e. The normalized spacial score (nSPS) is 9.74. The minimum Gasteiger partial charge on any atom is -0.494 e. The minimum absolute atomic E-state index is 0.300. The van der Waals surface area contributed by atoms with Crippen LogP contribution >= 0.6 is 0 Å². The number of nitriles is 1. The van der Waals surface area contributed by atoms with E-state index in [9.17, 15) is 9.59 Å². The molecule has 0 N–H and O–H groups in total. The third kappa shape index (κ3) is 4.68. The van der Waals surface area contributed by atoms with Crippen LogP contribution in [0.1, 0.15) is 29.3 Å². The van der Waals surface area contributed by atoms with Gasteiger partial charge in [-0.3, -0.25) is 9.59 Å². The lowest BCUT2D eigenvalue weighted by Crippen LogP contribution is -2.14. The molecule has 0 aliphatic carbocycles. The van der Waals surface area contributed by atoms with Crippen LogP contribution in [-0.2, 0) is 4.79 Å². The number of Topliss-reactive ketones (excluding diaryl/α,β-unsaturated/α-hetero) is 1. The van der Waals surface area contributed by atoms with E-state index < -0.39 is 5.97 Å². The quantitative estimate of drug-likeness (QED) is 0.354. The zero-order valence-electron chi connectivity index (χ0n) is 12.6. The second-order valence-electron chi connectivity index (χ2n) is 4.67. The van der Waals surface area contributed by atoms with Gasteiger partial charge in [-0.15, -0.1) is 0 Å². The number of ketones is 1. The highest BCUT2D eigenvalue weighted by atomic mass is 16.5. The van der Waals surface area contributed by atoms with Crippen LogP contribution in [0.3, 0.4) is 0 Å². The Morgan fingerprint density at radius 2 is 1.61 bits per heavy atom. The van der Waals surface area contributed by atoms with Crippen LogP contribution < -0.4 is 9.47 Å². The molecule has 0 unspecified atom stereocenters. The Hall–Kier alpha value is -3.13. The second kappa shape index (κ2) is 7.76. The predicted octanol–water partition coefficient (Wildman–Crippen LogP) is 3.14. The van der Waals surface area contributed by atoms with E-state index in [0.29, 0.717) is 29.2 Å². The summed E-state index contributed by atoms with van der Waals surface area (Å²) < 4.78 is 10.4. The number of carbonyl (C=O) groups is 2. The molecule has 0 spiro atoms. The van der Waals surface area contributed by atoms with E-state index in [2.05, 4.69) is 0 Å². The highest BCUT2D eigenvalue weighted by molar-refractivity contribution is 6.06. The summed E-state index contributed by atoms with van der Waals surface area (Å²) in [4.78, 5) is 23.8. The van der Waals surface area contributed by atoms with Gasteiger partial charge in [0.05, 0.1) is 18.2 Å². The lowest BCUT2D eigenvalue weighted by molar-refractivity contribution is -0.133. The van der Waals surface area contributed by atoms with Crippen molar-refractivity contribution in [2.24, 2.45) is 0 Å². The van der Waals surface area contributed by atoms with Crippen molar-refractivity contribution in [3.8, 4) is 17.6 Å². The summed E-state index contributed by atoms with van der Waals surface area (Å²) in [5.41, 5.74) is 0.889. The Labute approximate surface area is 134 Å². The lowest BCUT2D eigenvalue weighted by atomic mass is 10.1. The Morgan fingerprint density at radius 1 is 1.00 bits per heavy atom. The summed E-state index contributed by atoms with van der Waals surface area (Å²) >= 11 is 0. The molecule has 0 aliphatic heterocycles. The molecule has 0 atom stereocenters. The summed E-state index contributed by atoms with van der Waals surface area (Å²) in [6.07, 6.45) is -0.353. The van der Waals surface area contributed by atoms with Gasteiger partial charge in [-0.05, 0) is 55.5 Å². The molecule has 0 heterocycles. The van der Waals surface area contributed by atoms with Crippen LogP contribution in [-0.4, -0.2) is 18.4 Å². The van der Waals surface area contributed by atoms with Gasteiger partial charge in [0.2, 0.25) is 0 Å². The van der Waals surface area contributed by atoms with Crippen LogP contribution in [0.15, 0.2) is 48.5 Å². The van der Waals surface area contributed by atoms with Crippen LogP contribution in [0.2, 0.25) is 0 Å². The third-order valence-corrected chi connectivity index (χ3v) is 3.01. The smallest absolute Gasteiger partial charge is 0.319 e. The average Bonchev–Trinajstić information content (AvgIpc) is 2.56. The Kier molecular flexibility index (Phi) is 5.48. The highest BCUT2D eigenvalue weighted by Crippen LogP contribution is 2.15. The number of esters is 1. The summed E-state index contributed by atoms with van der Waals surface area (Å²) in [7, 11) is 0. The van der Waals surface area contributed by atoms with Gasteiger partial charge in [-0.2, -0.15) is 5.26 Å². The van der Waals surface area contributed by atoms with Crippen LogP contribution in [0.25, 0.3) is 0 Å². The van der Waals surface area contributed by atoms with Crippen molar-refractivity contribution >= 4 is 11.8 Å². The zero-order chi connectivity index (χ0) is 16.7. The van der Waals surface area contributed by atoms with Crippen molar-refractivity contribution in [3.05, 3.63) is 59.7 Å². The molecule has 116 valence electrons. The molecule has 0 fully saturated rings. The van der Waals surface area contributed by atoms with E-state index >= 15 is 0 Å². The highest BCUT2D eigenvalue weighted by Gasteiger charge is 2.14. The maximum absolute atomic E-state index is 12.0. The standard InChI is InChI=1S/C18H15NO4/c1-2-22-15-9-5-14(6-10-15)17(20)11-18(21)23-16-7-3-13(12-19)4-8-16/h3-10H,2,11H2,1H3. The van der Waals surface area contributed by atoms with Crippen molar-refractivity contribution in [1.82, 2.24) is 0 Å². The fourth-order valence-corrected chi connectivity index (χ4v) is 1.90. The number of carbonyl (C=O) groups excluding carboxylic acids is 2. The SMILES string of the molecule is CCOc1ccc(C(=O)CC(=O)Oc2ccc(C#N)cc2)cc1. The van der Waals surface area contributed by atoms with Gasteiger partial charge in [-0.25, -0.2) is 0 Å². The predicted molar refractivity (Wildman–Crippen MR) is 83.4 cm³/mol. The Morgan fingerprint density at radius 3 is 2.17 bits per heavy atom. The summed E-state index contributed by atoms with van der Waals surface area (Å²) in [5, 5.41) is 8.70. The number of hydrogen-bond acceptors (Lipinski definition) is 5. The number of rotatable bonds is 6. The van der Waals surface area contributed by atoms with Gasteiger partial charge in [0.25, 0.3) is 0 Å². The summed E-state index contributed by atoms with van der Waals surface area (Å²) in [6, 6.07) is 14.7. The molecule has 0 saturated heterocycles. The molecule has 23 heavy (non-hydrogen) atoms. The maximum atomic E-state index is 12.0. The molecule has 0 aromatic heterocycles. The third-order valence-electron chi connectivity index (χ3n) is 3.01. The zero-order valence-corrected chi connectivity index (χ0v) is 12.6. The van der Waals surface area contributed by atoms with Gasteiger partial charge >= 0.3 is 5.97 Å². The van der Waals surface area contributed by atoms with E-state index in [-0.39, 0.29) is 12.2 Å². The first-order valence-corrected chi connectivity index (χ1v) is 7.09. The van der Waals surface area contributed by atoms with Gasteiger partial charge in [0.1, 0.15) is 17.9 Å². The molecule has 5 nitrogen and oxygen atoms in total. The van der Waals surface area contributed by atoms with Gasteiger partial charge in [0.15, 0.2) is 5.78 Å². The van der Waals surface area contributed by atoms with Crippen molar-refractivity contribution in [2.75, 3.05) is 6.61 Å². The molecule has 2 rings (SSSR count). The van der Waals surface area contributed by atoms with Crippen LogP contribution in [0.5, 0.6) is 11.5 Å². The summed E-state index contributed by atoms with van der Waals surface area (Å²) in [6.45, 7) is 2.42. The molecule has 2 aromatic rings. The van der Waals surface area contributed by atoms with E-state index in [0.717, 1.165) is 0 Å². The Bertz CT molecular complexity index is 727. The van der Waals surface area contributed by atoms with E-state index in [1.54, 1.807) is 24.3 Å². The molecule has 5 heteroatoms. The topological polar surface area (TPSA) is 76.4 Å². The number of benzene rings is 2. The monoisotopic (exact) mass is 309 g/mol. The molecular formula is C18H15NO4. The molecular weight excluding hydrogens is 294 g/mol. The van der Waals surface area contributed by atoms with Gasteiger partial charge in [-0.1, -0.05) is 0 Å². The fraction of sp³-hybridized carbons (Fsp3) is 0.167. The fourth-order valence-electron chi connectivity index (χ4n) is 1.90. The molecule has 0 radical (unpaired) electrons. The number of hydrogen-bond donors (Lipinski definition) is 0. The molecule has 0 saturated carbocycles. The van der Waals surface area contributed by atoms with Crippen molar-refractivity contribution < 1.29 is 19.1 Å². The minimum atomic E-state index is -0.645.